The van der Waals surface area contributed by atoms with Crippen molar-refractivity contribution < 1.29 is 14.1 Å². The van der Waals surface area contributed by atoms with Gasteiger partial charge in [0, 0.05) is 17.8 Å². The largest absolute Gasteiger partial charge is 0.436 e. The molecular weight excluding hydrogens is 417 g/mol. The highest BCUT2D eigenvalue weighted by molar-refractivity contribution is 6.34. The Morgan fingerprint density at radius 2 is 1.83 bits per heavy atom. The number of halogens is 2. The third-order valence-electron chi connectivity index (χ3n) is 4.16. The minimum atomic E-state index is -0.581. The molecule has 0 fully saturated rings. The lowest BCUT2D eigenvalue weighted by Gasteiger charge is -2.06. The number of nitro benzene ring substituents is 1. The number of aromatic nitrogens is 1. The van der Waals surface area contributed by atoms with Gasteiger partial charge in [-0.1, -0.05) is 35.3 Å². The molecule has 7 nitrogen and oxygen atoms in total. The molecule has 0 saturated heterocycles. The maximum absolute atomic E-state index is 12.5. The normalized spacial score (nSPS) is 10.8. The number of hydrogen-bond donors (Lipinski definition) is 1. The van der Waals surface area contributed by atoms with Crippen molar-refractivity contribution in [3.63, 3.8) is 0 Å². The number of oxazole rings is 1. The minimum Gasteiger partial charge on any atom is -0.436 e. The first-order chi connectivity index (χ1) is 13.9. The van der Waals surface area contributed by atoms with Crippen molar-refractivity contribution >= 4 is 51.6 Å². The number of amides is 1. The van der Waals surface area contributed by atoms with Crippen LogP contribution in [0.5, 0.6) is 0 Å². The summed E-state index contributed by atoms with van der Waals surface area (Å²) in [5, 5.41) is 14.0. The summed E-state index contributed by atoms with van der Waals surface area (Å²) >= 11 is 12.2. The van der Waals surface area contributed by atoms with E-state index >= 15 is 0 Å². The number of carbonyl (C=O) groups excluding carboxylic acids is 1. The van der Waals surface area contributed by atoms with Gasteiger partial charge in [0.25, 0.3) is 11.6 Å². The van der Waals surface area contributed by atoms with Crippen molar-refractivity contribution in [2.45, 2.75) is 0 Å². The van der Waals surface area contributed by atoms with Gasteiger partial charge in [0.1, 0.15) is 5.52 Å². The van der Waals surface area contributed by atoms with E-state index in [9.17, 15) is 14.9 Å². The van der Waals surface area contributed by atoms with Crippen LogP contribution in [-0.4, -0.2) is 15.8 Å². The molecule has 4 rings (SSSR count). The van der Waals surface area contributed by atoms with Crippen LogP contribution in [0, 0.1) is 10.1 Å². The fraction of sp³-hybridized carbons (Fsp3) is 0. The van der Waals surface area contributed by atoms with Gasteiger partial charge in [-0.05, 0) is 36.4 Å². The number of nitrogens with one attached hydrogen (secondary N) is 1. The lowest BCUT2D eigenvalue weighted by atomic mass is 10.2. The van der Waals surface area contributed by atoms with E-state index in [1.807, 2.05) is 12.1 Å². The van der Waals surface area contributed by atoms with E-state index in [1.165, 1.54) is 12.1 Å². The number of benzene rings is 3. The predicted molar refractivity (Wildman–Crippen MR) is 111 cm³/mol. The number of rotatable bonds is 4. The van der Waals surface area contributed by atoms with E-state index < -0.39 is 10.8 Å². The summed E-state index contributed by atoms with van der Waals surface area (Å²) < 4.78 is 5.74. The molecule has 144 valence electrons. The molecule has 1 amide bonds. The van der Waals surface area contributed by atoms with E-state index in [-0.39, 0.29) is 16.3 Å². The van der Waals surface area contributed by atoms with Crippen molar-refractivity contribution in [3.8, 4) is 11.5 Å². The second kappa shape index (κ2) is 7.54. The zero-order chi connectivity index (χ0) is 20.5. The monoisotopic (exact) mass is 427 g/mol. The molecule has 0 saturated carbocycles. The molecule has 1 heterocycles. The molecule has 0 bridgehead atoms. The van der Waals surface area contributed by atoms with Crippen molar-refractivity contribution in [1.29, 1.82) is 0 Å². The smallest absolute Gasteiger partial charge is 0.270 e. The summed E-state index contributed by atoms with van der Waals surface area (Å²) in [7, 11) is 0. The summed E-state index contributed by atoms with van der Waals surface area (Å²) in [5.74, 6) is -0.133. The number of hydrogen-bond acceptors (Lipinski definition) is 5. The summed E-state index contributed by atoms with van der Waals surface area (Å²) in [5.41, 5.74) is 2.13. The molecule has 0 unspecified atom stereocenters. The number of anilines is 1. The van der Waals surface area contributed by atoms with Crippen LogP contribution in [0.4, 0.5) is 11.4 Å². The Morgan fingerprint density at radius 3 is 2.55 bits per heavy atom. The molecule has 0 spiro atoms. The Morgan fingerprint density at radius 1 is 1.03 bits per heavy atom. The van der Waals surface area contributed by atoms with Gasteiger partial charge in [0.15, 0.2) is 5.58 Å². The van der Waals surface area contributed by atoms with Crippen LogP contribution in [0.15, 0.2) is 65.1 Å². The first-order valence-electron chi connectivity index (χ1n) is 8.33. The molecule has 0 radical (unpaired) electrons. The van der Waals surface area contributed by atoms with E-state index in [0.717, 1.165) is 6.07 Å². The van der Waals surface area contributed by atoms with Gasteiger partial charge in [-0.2, -0.15) is 0 Å². The maximum Gasteiger partial charge on any atom is 0.270 e. The number of fused-ring (bicyclic) bond motifs is 1. The Balaban J connectivity index is 1.61. The van der Waals surface area contributed by atoms with Gasteiger partial charge in [-0.15, -0.1) is 0 Å². The first kappa shape index (κ1) is 18.9. The molecule has 9 heteroatoms. The van der Waals surface area contributed by atoms with Crippen LogP contribution in [0.1, 0.15) is 10.4 Å². The predicted octanol–water partition coefficient (Wildman–Crippen LogP) is 5.96. The summed E-state index contributed by atoms with van der Waals surface area (Å²) in [6, 6.07) is 15.8. The lowest BCUT2D eigenvalue weighted by Crippen LogP contribution is -2.12. The highest BCUT2D eigenvalue weighted by Gasteiger charge is 2.16. The van der Waals surface area contributed by atoms with Gasteiger partial charge in [0.2, 0.25) is 5.89 Å². The van der Waals surface area contributed by atoms with E-state index in [4.69, 9.17) is 27.6 Å². The van der Waals surface area contributed by atoms with Gasteiger partial charge in [0.05, 0.1) is 26.1 Å². The average molecular weight is 428 g/mol. The highest BCUT2D eigenvalue weighted by Crippen LogP contribution is 2.31. The van der Waals surface area contributed by atoms with Crippen LogP contribution < -0.4 is 5.32 Å². The number of nitrogens with zero attached hydrogens (tertiary/aromatic N) is 2. The molecule has 0 atom stereocenters. The summed E-state index contributed by atoms with van der Waals surface area (Å²) in [6.07, 6.45) is 0. The van der Waals surface area contributed by atoms with Crippen molar-refractivity contribution in [3.05, 3.63) is 86.4 Å². The van der Waals surface area contributed by atoms with Gasteiger partial charge < -0.3 is 9.73 Å². The van der Waals surface area contributed by atoms with Crippen molar-refractivity contribution in [2.24, 2.45) is 0 Å². The Hall–Kier alpha value is -3.42. The SMILES string of the molecule is O=C(Nc1ccc2oc(-c3ccccc3Cl)nc2c1)c1ccc([N+](=O)[O-])cc1Cl. The van der Waals surface area contributed by atoms with E-state index in [0.29, 0.717) is 33.3 Å². The standard InChI is InChI=1S/C20H11Cl2N3O4/c21-15-4-2-1-3-14(15)20-24-17-9-11(5-8-18(17)29-20)23-19(26)13-7-6-12(25(27)28)10-16(13)22/h1-10H,(H,23,26). The average Bonchev–Trinajstić information content (AvgIpc) is 3.11. The lowest BCUT2D eigenvalue weighted by molar-refractivity contribution is -0.384. The highest BCUT2D eigenvalue weighted by atomic mass is 35.5. The fourth-order valence-corrected chi connectivity index (χ4v) is 3.23. The first-order valence-corrected chi connectivity index (χ1v) is 9.09. The molecule has 0 aliphatic rings. The van der Waals surface area contributed by atoms with Crippen LogP contribution in [0.25, 0.3) is 22.6 Å². The summed E-state index contributed by atoms with van der Waals surface area (Å²) in [6.45, 7) is 0. The van der Waals surface area contributed by atoms with Gasteiger partial charge in [-0.25, -0.2) is 4.98 Å². The maximum atomic E-state index is 12.5. The molecule has 3 aromatic carbocycles. The molecule has 4 aromatic rings. The molecule has 29 heavy (non-hydrogen) atoms. The summed E-state index contributed by atoms with van der Waals surface area (Å²) in [4.78, 5) is 27.1. The zero-order valence-corrected chi connectivity index (χ0v) is 16.1. The second-order valence-corrected chi connectivity index (χ2v) is 6.87. The topological polar surface area (TPSA) is 98.3 Å². The van der Waals surface area contributed by atoms with Crippen LogP contribution in [0.3, 0.4) is 0 Å². The molecule has 1 aromatic heterocycles. The van der Waals surface area contributed by atoms with Gasteiger partial charge >= 0.3 is 0 Å². The Bertz CT molecular complexity index is 1270. The van der Waals surface area contributed by atoms with Crippen molar-refractivity contribution in [1.82, 2.24) is 4.98 Å². The third-order valence-corrected chi connectivity index (χ3v) is 4.80. The number of carbonyl (C=O) groups is 1. The van der Waals surface area contributed by atoms with Crippen LogP contribution in [0.2, 0.25) is 10.0 Å². The number of nitro groups is 1. The molecule has 1 N–H and O–H groups in total. The molecule has 0 aliphatic heterocycles. The number of non-ortho nitro benzene ring substituents is 1. The Labute approximate surface area is 174 Å². The second-order valence-electron chi connectivity index (χ2n) is 6.06. The minimum absolute atomic E-state index is 0.0137. The third kappa shape index (κ3) is 3.78. The molecular formula is C20H11Cl2N3O4. The van der Waals surface area contributed by atoms with Crippen LogP contribution >= 0.6 is 23.2 Å². The van der Waals surface area contributed by atoms with Crippen molar-refractivity contribution in [2.75, 3.05) is 5.32 Å². The quantitative estimate of drug-likeness (QED) is 0.319. The fourth-order valence-electron chi connectivity index (χ4n) is 2.76. The van der Waals surface area contributed by atoms with E-state index in [1.54, 1.807) is 30.3 Å². The molecule has 0 aliphatic carbocycles. The van der Waals surface area contributed by atoms with Crippen LogP contribution in [-0.2, 0) is 0 Å². The van der Waals surface area contributed by atoms with Gasteiger partial charge in [-0.3, -0.25) is 14.9 Å². The Kier molecular flexibility index (Phi) is 4.92. The zero-order valence-electron chi connectivity index (χ0n) is 14.6. The van der Waals surface area contributed by atoms with E-state index in [2.05, 4.69) is 10.3 Å².